The highest BCUT2D eigenvalue weighted by Crippen LogP contribution is 2.55. The Morgan fingerprint density at radius 1 is 0.412 bits per heavy atom. The van der Waals surface area contributed by atoms with Crippen molar-refractivity contribution in [2.45, 2.75) is 83.5 Å². The highest BCUT2D eigenvalue weighted by molar-refractivity contribution is 5.85. The van der Waals surface area contributed by atoms with Crippen molar-refractivity contribution < 1.29 is 43.9 Å². The van der Waals surface area contributed by atoms with Gasteiger partial charge in [-0.1, -0.05) is 114 Å². The summed E-state index contributed by atoms with van der Waals surface area (Å²) in [6.45, 7) is 4.18. The Morgan fingerprint density at radius 2 is 0.745 bits per heavy atom. The fourth-order valence-corrected chi connectivity index (χ4v) is 7.00. The predicted octanol–water partition coefficient (Wildman–Crippen LogP) is 13.6. The normalized spacial score (nSPS) is 13.5. The van der Waals surface area contributed by atoms with E-state index in [4.69, 9.17) is 0 Å². The van der Waals surface area contributed by atoms with Crippen LogP contribution in [0.4, 0.5) is 43.9 Å². The molecule has 0 N–H and O–H groups in total. The maximum Gasteiger partial charge on any atom is 0.200 e. The van der Waals surface area contributed by atoms with Crippen LogP contribution in [0.15, 0.2) is 36.4 Å². The lowest BCUT2D eigenvalue weighted by molar-refractivity contribution is 0.377. The first-order chi connectivity index (χ1) is 24.4. The number of hydrogen-bond acceptors (Lipinski definition) is 0. The van der Waals surface area contributed by atoms with Gasteiger partial charge in [0.2, 0.25) is 11.6 Å². The van der Waals surface area contributed by atoms with E-state index in [0.29, 0.717) is 24.0 Å². The molecule has 0 atom stereocenters. The van der Waals surface area contributed by atoms with E-state index in [1.165, 1.54) is 12.2 Å². The van der Waals surface area contributed by atoms with Gasteiger partial charge in [0.15, 0.2) is 46.5 Å². The molecule has 0 nitrogen and oxygen atoms in total. The molecular formula is C41H36F10. The van der Waals surface area contributed by atoms with Gasteiger partial charge in [0, 0.05) is 5.41 Å². The smallest absolute Gasteiger partial charge is 0.200 e. The summed E-state index contributed by atoms with van der Waals surface area (Å²) in [5.74, 6) is -20.4. The summed E-state index contributed by atoms with van der Waals surface area (Å²) in [6.07, 6.45) is 13.3. The largest absolute Gasteiger partial charge is 0.203 e. The van der Waals surface area contributed by atoms with E-state index < -0.39 is 74.7 Å². The molecule has 10 heteroatoms. The number of rotatable bonds is 14. The molecule has 0 spiro atoms. The van der Waals surface area contributed by atoms with Crippen LogP contribution in [0, 0.1) is 58.2 Å². The minimum Gasteiger partial charge on any atom is -0.203 e. The number of benzene rings is 4. The van der Waals surface area contributed by atoms with Gasteiger partial charge in [-0.15, -0.1) is 0 Å². The fraction of sp³-hybridized carbons (Fsp3) is 0.317. The van der Waals surface area contributed by atoms with Gasteiger partial charge in [-0.05, 0) is 58.4 Å². The third-order valence-corrected chi connectivity index (χ3v) is 9.70. The molecule has 5 rings (SSSR count). The van der Waals surface area contributed by atoms with Crippen LogP contribution in [0.2, 0.25) is 0 Å². The lowest BCUT2D eigenvalue weighted by Crippen LogP contribution is -2.25. The molecule has 0 amide bonds. The Morgan fingerprint density at radius 3 is 1.08 bits per heavy atom. The van der Waals surface area contributed by atoms with Crippen molar-refractivity contribution in [1.82, 2.24) is 0 Å². The molecule has 4 aromatic carbocycles. The van der Waals surface area contributed by atoms with E-state index in [9.17, 15) is 43.9 Å². The zero-order valence-corrected chi connectivity index (χ0v) is 28.1. The molecule has 0 saturated heterocycles. The van der Waals surface area contributed by atoms with Gasteiger partial charge in [0.05, 0.1) is 11.1 Å². The Hall–Kier alpha value is -4.34. The van der Waals surface area contributed by atoms with E-state index in [2.05, 4.69) is 13.8 Å². The zero-order chi connectivity index (χ0) is 37.0. The molecule has 0 radical (unpaired) electrons. The van der Waals surface area contributed by atoms with Gasteiger partial charge in [-0.2, -0.15) is 0 Å². The molecule has 0 fully saturated rings. The minimum atomic E-state index is -2.24. The molecule has 0 aliphatic heterocycles. The minimum absolute atomic E-state index is 0.462. The van der Waals surface area contributed by atoms with Crippen LogP contribution in [0.1, 0.15) is 111 Å². The zero-order valence-electron chi connectivity index (χ0n) is 28.1. The fourth-order valence-electron chi connectivity index (χ4n) is 7.00. The quantitative estimate of drug-likeness (QED) is 0.0400. The van der Waals surface area contributed by atoms with Crippen molar-refractivity contribution in [2.75, 3.05) is 0 Å². The first kappa shape index (κ1) is 37.9. The maximum absolute atomic E-state index is 14.5. The van der Waals surface area contributed by atoms with Gasteiger partial charge in [-0.25, -0.2) is 43.9 Å². The molecule has 1 aliphatic rings. The van der Waals surface area contributed by atoms with Crippen LogP contribution in [0.25, 0.3) is 35.4 Å². The average molecular weight is 719 g/mol. The molecule has 0 heterocycles. The van der Waals surface area contributed by atoms with E-state index >= 15 is 0 Å². The summed E-state index contributed by atoms with van der Waals surface area (Å²) < 4.78 is 141. The maximum atomic E-state index is 14.5. The molecule has 4 aromatic rings. The molecule has 1 aliphatic carbocycles. The van der Waals surface area contributed by atoms with Gasteiger partial charge in [-0.3, -0.25) is 0 Å². The Kier molecular flexibility index (Phi) is 11.8. The Labute approximate surface area is 290 Å². The van der Waals surface area contributed by atoms with E-state index in [0.717, 1.165) is 85.8 Å². The van der Waals surface area contributed by atoms with Gasteiger partial charge in [0.25, 0.3) is 0 Å². The van der Waals surface area contributed by atoms with Gasteiger partial charge >= 0.3 is 0 Å². The van der Waals surface area contributed by atoms with Crippen LogP contribution in [-0.4, -0.2) is 0 Å². The topological polar surface area (TPSA) is 0 Å². The molecule has 0 bridgehead atoms. The second kappa shape index (κ2) is 15.9. The first-order valence-electron chi connectivity index (χ1n) is 17.1. The molecule has 0 unspecified atom stereocenters. The molecule has 0 saturated carbocycles. The standard InChI is InChI=1S/C41H36F10/c1-3-5-7-9-19-41(20-10-8-6-4-2)29-21-23(13-17-27-31(42)35(46)39(50)36(47)32(27)43)11-15-25(29)26-16-12-24(22-30(26)41)14-18-28-33(44)37(48)40(51)38(49)34(28)45/h11-18,21-22H,3-10,19-20H2,1-2H3/b17-13+,18-14+. The van der Waals surface area contributed by atoms with E-state index in [1.54, 1.807) is 12.1 Å². The summed E-state index contributed by atoms with van der Waals surface area (Å²) in [5, 5.41) is 0. The van der Waals surface area contributed by atoms with Crippen LogP contribution in [0.3, 0.4) is 0 Å². The van der Waals surface area contributed by atoms with Crippen LogP contribution in [-0.2, 0) is 5.41 Å². The SMILES string of the molecule is CCCCCCC1(CCCCCC)c2cc(/C=C/c3c(F)c(F)c(F)c(F)c3F)ccc2-c2ccc(/C=C/c3c(F)c(F)c(F)c(F)c3F)cc21. The average Bonchev–Trinajstić information content (AvgIpc) is 3.39. The molecule has 0 aromatic heterocycles. The van der Waals surface area contributed by atoms with Crippen LogP contribution in [0.5, 0.6) is 0 Å². The van der Waals surface area contributed by atoms with Crippen molar-refractivity contribution in [3.8, 4) is 11.1 Å². The van der Waals surface area contributed by atoms with Crippen LogP contribution >= 0.6 is 0 Å². The summed E-state index contributed by atoms with van der Waals surface area (Å²) in [6, 6.07) is 10.7. The Balaban J connectivity index is 1.63. The van der Waals surface area contributed by atoms with Gasteiger partial charge < -0.3 is 0 Å². The summed E-state index contributed by atoms with van der Waals surface area (Å²) >= 11 is 0. The second-order valence-electron chi connectivity index (χ2n) is 12.9. The summed E-state index contributed by atoms with van der Waals surface area (Å²) in [7, 11) is 0. The first-order valence-corrected chi connectivity index (χ1v) is 17.1. The lowest BCUT2D eigenvalue weighted by atomic mass is 9.70. The summed E-state index contributed by atoms with van der Waals surface area (Å²) in [5.41, 5.74) is 1.77. The van der Waals surface area contributed by atoms with Gasteiger partial charge in [0.1, 0.15) is 0 Å². The van der Waals surface area contributed by atoms with Crippen molar-refractivity contribution in [3.63, 3.8) is 0 Å². The Bertz CT molecular complexity index is 1790. The van der Waals surface area contributed by atoms with E-state index in [-0.39, 0.29) is 0 Å². The van der Waals surface area contributed by atoms with Crippen molar-refractivity contribution >= 4 is 24.3 Å². The number of halogens is 10. The number of unbranched alkanes of at least 4 members (excludes halogenated alkanes) is 6. The number of hydrogen-bond donors (Lipinski definition) is 0. The van der Waals surface area contributed by atoms with E-state index in [1.807, 2.05) is 24.3 Å². The highest BCUT2D eigenvalue weighted by atomic mass is 19.2. The molecular weight excluding hydrogens is 682 g/mol. The third kappa shape index (κ3) is 7.24. The molecule has 270 valence electrons. The molecule has 51 heavy (non-hydrogen) atoms. The highest BCUT2D eigenvalue weighted by Gasteiger charge is 2.42. The number of fused-ring (bicyclic) bond motifs is 3. The monoisotopic (exact) mass is 718 g/mol. The third-order valence-electron chi connectivity index (χ3n) is 9.70. The summed E-state index contributed by atoms with van der Waals surface area (Å²) in [4.78, 5) is 0. The lowest BCUT2D eigenvalue weighted by Gasteiger charge is -2.33. The van der Waals surface area contributed by atoms with Crippen molar-refractivity contribution in [2.24, 2.45) is 0 Å². The van der Waals surface area contributed by atoms with Crippen molar-refractivity contribution in [1.29, 1.82) is 0 Å². The van der Waals surface area contributed by atoms with Crippen LogP contribution < -0.4 is 0 Å². The predicted molar refractivity (Wildman–Crippen MR) is 180 cm³/mol. The second-order valence-corrected chi connectivity index (χ2v) is 12.9. The van der Waals surface area contributed by atoms with Crippen molar-refractivity contribution in [3.05, 3.63) is 128 Å².